The molecule has 1 aromatic heterocycles. The van der Waals surface area contributed by atoms with E-state index in [-0.39, 0.29) is 11.6 Å². The maximum absolute atomic E-state index is 14.2. The molecule has 8 heteroatoms. The van der Waals surface area contributed by atoms with Crippen molar-refractivity contribution in [3.8, 4) is 6.07 Å². The predicted octanol–water partition coefficient (Wildman–Crippen LogP) is 4.90. The van der Waals surface area contributed by atoms with Gasteiger partial charge < -0.3 is 10.2 Å². The van der Waals surface area contributed by atoms with Crippen LogP contribution in [0.4, 0.5) is 31.9 Å². The Morgan fingerprint density at radius 1 is 1.12 bits per heavy atom. The Labute approximate surface area is 157 Å². The Morgan fingerprint density at radius 2 is 1.77 bits per heavy atom. The largest absolute Gasteiger partial charge is 0.324 e. The van der Waals surface area contributed by atoms with Gasteiger partial charge in [0, 0.05) is 23.4 Å². The number of halogens is 3. The van der Waals surface area contributed by atoms with E-state index in [2.05, 4.69) is 31.2 Å². The summed E-state index contributed by atoms with van der Waals surface area (Å²) in [6, 6.07) is 12.7. The first-order valence-corrected chi connectivity index (χ1v) is 8.26. The van der Waals surface area contributed by atoms with E-state index in [1.165, 1.54) is 30.3 Å². The highest BCUT2D eigenvalue weighted by Crippen LogP contribution is 2.30. The molecule has 26 heavy (non-hydrogen) atoms. The standard InChI is InChI=1S/C18H12BrF2N5/c1-26(17-14(20)8-12(19)9-15(17)21)16-6-7-23-18(25-16)24-13-4-2-11(10-22)3-5-13/h2-9H,1H3,(H,23,24,25). The fourth-order valence-electron chi connectivity index (χ4n) is 2.32. The van der Waals surface area contributed by atoms with Crippen LogP contribution in [0.3, 0.4) is 0 Å². The van der Waals surface area contributed by atoms with Crippen LogP contribution in [-0.2, 0) is 0 Å². The summed E-state index contributed by atoms with van der Waals surface area (Å²) in [7, 11) is 1.52. The maximum atomic E-state index is 14.2. The summed E-state index contributed by atoms with van der Waals surface area (Å²) in [4.78, 5) is 9.70. The average Bonchev–Trinajstić information content (AvgIpc) is 2.61. The highest BCUT2D eigenvalue weighted by atomic mass is 79.9. The minimum Gasteiger partial charge on any atom is -0.324 e. The second-order valence-corrected chi connectivity index (χ2v) is 6.25. The van der Waals surface area contributed by atoms with Gasteiger partial charge in [-0.2, -0.15) is 10.2 Å². The van der Waals surface area contributed by atoms with Gasteiger partial charge in [-0.15, -0.1) is 0 Å². The minimum absolute atomic E-state index is 0.212. The van der Waals surface area contributed by atoms with Crippen molar-refractivity contribution in [1.82, 2.24) is 9.97 Å². The van der Waals surface area contributed by atoms with Crippen molar-refractivity contribution in [1.29, 1.82) is 5.26 Å². The van der Waals surface area contributed by atoms with Crippen molar-refractivity contribution in [3.05, 3.63) is 70.3 Å². The minimum atomic E-state index is -0.709. The van der Waals surface area contributed by atoms with Crippen LogP contribution >= 0.6 is 15.9 Å². The quantitative estimate of drug-likeness (QED) is 0.656. The van der Waals surface area contributed by atoms with Gasteiger partial charge in [0.15, 0.2) is 11.6 Å². The molecule has 0 radical (unpaired) electrons. The zero-order valence-corrected chi connectivity index (χ0v) is 15.1. The Kier molecular flexibility index (Phi) is 5.09. The van der Waals surface area contributed by atoms with E-state index < -0.39 is 11.6 Å². The summed E-state index contributed by atoms with van der Waals surface area (Å²) in [5.74, 6) is -0.840. The number of nitrogens with zero attached hydrogens (tertiary/aromatic N) is 4. The first-order valence-electron chi connectivity index (χ1n) is 7.46. The lowest BCUT2D eigenvalue weighted by atomic mass is 10.2. The summed E-state index contributed by atoms with van der Waals surface area (Å²) in [5.41, 5.74) is 1.01. The topological polar surface area (TPSA) is 64.8 Å². The zero-order valence-electron chi connectivity index (χ0n) is 13.5. The van der Waals surface area contributed by atoms with Gasteiger partial charge >= 0.3 is 0 Å². The summed E-state index contributed by atoms with van der Waals surface area (Å²) < 4.78 is 28.7. The second kappa shape index (κ2) is 7.45. The molecule has 5 nitrogen and oxygen atoms in total. The third-order valence-electron chi connectivity index (χ3n) is 3.57. The van der Waals surface area contributed by atoms with Crippen LogP contribution in [0.2, 0.25) is 0 Å². The van der Waals surface area contributed by atoms with E-state index in [0.29, 0.717) is 21.5 Å². The molecule has 130 valence electrons. The van der Waals surface area contributed by atoms with Gasteiger partial charge in [0.25, 0.3) is 0 Å². The van der Waals surface area contributed by atoms with Crippen molar-refractivity contribution in [2.75, 3.05) is 17.3 Å². The molecule has 0 saturated carbocycles. The fraction of sp³-hybridized carbons (Fsp3) is 0.0556. The average molecular weight is 416 g/mol. The monoisotopic (exact) mass is 415 g/mol. The molecule has 2 aromatic carbocycles. The first-order chi connectivity index (χ1) is 12.5. The molecule has 1 heterocycles. The highest BCUT2D eigenvalue weighted by Gasteiger charge is 2.17. The number of anilines is 4. The first kappa shape index (κ1) is 17.8. The van der Waals surface area contributed by atoms with E-state index in [4.69, 9.17) is 5.26 Å². The number of aromatic nitrogens is 2. The number of rotatable bonds is 4. The van der Waals surface area contributed by atoms with Crippen LogP contribution in [-0.4, -0.2) is 17.0 Å². The third kappa shape index (κ3) is 3.78. The predicted molar refractivity (Wildman–Crippen MR) is 98.6 cm³/mol. The molecule has 0 aliphatic carbocycles. The molecular weight excluding hydrogens is 404 g/mol. The molecule has 0 spiro atoms. The van der Waals surface area contributed by atoms with Crippen LogP contribution in [0, 0.1) is 23.0 Å². The Morgan fingerprint density at radius 3 is 2.38 bits per heavy atom. The normalized spacial score (nSPS) is 10.3. The van der Waals surface area contributed by atoms with Crippen molar-refractivity contribution in [2.45, 2.75) is 0 Å². The van der Waals surface area contributed by atoms with Crippen molar-refractivity contribution >= 4 is 39.1 Å². The summed E-state index contributed by atoms with van der Waals surface area (Å²) in [5, 5.41) is 11.8. The van der Waals surface area contributed by atoms with Crippen LogP contribution in [0.25, 0.3) is 0 Å². The van der Waals surface area contributed by atoms with E-state index in [1.54, 1.807) is 30.3 Å². The van der Waals surface area contributed by atoms with Gasteiger partial charge in [0.2, 0.25) is 5.95 Å². The summed E-state index contributed by atoms with van der Waals surface area (Å²) >= 11 is 3.06. The molecule has 0 fully saturated rings. The molecule has 3 aromatic rings. The smallest absolute Gasteiger partial charge is 0.229 e. The molecular formula is C18H12BrF2N5. The van der Waals surface area contributed by atoms with Crippen molar-refractivity contribution in [3.63, 3.8) is 0 Å². The van der Waals surface area contributed by atoms with Gasteiger partial charge in [0.1, 0.15) is 11.5 Å². The number of hydrogen-bond acceptors (Lipinski definition) is 5. The third-order valence-corrected chi connectivity index (χ3v) is 4.03. The Balaban J connectivity index is 1.88. The van der Waals surface area contributed by atoms with Gasteiger partial charge in [-0.1, -0.05) is 15.9 Å². The van der Waals surface area contributed by atoms with Crippen LogP contribution in [0.15, 0.2) is 53.1 Å². The zero-order chi connectivity index (χ0) is 18.7. The van der Waals surface area contributed by atoms with Crippen molar-refractivity contribution < 1.29 is 8.78 Å². The lowest BCUT2D eigenvalue weighted by Crippen LogP contribution is -2.15. The Hall–Kier alpha value is -3.05. The lowest BCUT2D eigenvalue weighted by Gasteiger charge is -2.20. The van der Waals surface area contributed by atoms with Gasteiger partial charge in [0.05, 0.1) is 11.6 Å². The molecule has 0 atom stereocenters. The molecule has 0 amide bonds. The molecule has 0 bridgehead atoms. The van der Waals surface area contributed by atoms with Gasteiger partial charge in [-0.25, -0.2) is 13.8 Å². The van der Waals surface area contributed by atoms with Crippen LogP contribution < -0.4 is 10.2 Å². The molecule has 3 rings (SSSR count). The van der Waals surface area contributed by atoms with Crippen LogP contribution in [0.5, 0.6) is 0 Å². The molecule has 0 unspecified atom stereocenters. The molecule has 0 aliphatic heterocycles. The molecule has 0 saturated heterocycles. The van der Waals surface area contributed by atoms with E-state index in [1.807, 2.05) is 6.07 Å². The number of nitrogens with one attached hydrogen (secondary N) is 1. The number of hydrogen-bond donors (Lipinski definition) is 1. The summed E-state index contributed by atoms with van der Waals surface area (Å²) in [6.45, 7) is 0. The lowest BCUT2D eigenvalue weighted by molar-refractivity contribution is 0.582. The highest BCUT2D eigenvalue weighted by molar-refractivity contribution is 9.10. The Bertz CT molecular complexity index is 963. The number of benzene rings is 2. The van der Waals surface area contributed by atoms with Gasteiger partial charge in [-0.3, -0.25) is 0 Å². The van der Waals surface area contributed by atoms with Crippen molar-refractivity contribution in [2.24, 2.45) is 0 Å². The maximum Gasteiger partial charge on any atom is 0.229 e. The van der Waals surface area contributed by atoms with Crippen LogP contribution in [0.1, 0.15) is 5.56 Å². The second-order valence-electron chi connectivity index (χ2n) is 5.33. The van der Waals surface area contributed by atoms with Gasteiger partial charge in [-0.05, 0) is 42.5 Å². The fourth-order valence-corrected chi connectivity index (χ4v) is 2.72. The SMILES string of the molecule is CN(c1ccnc(Nc2ccc(C#N)cc2)n1)c1c(F)cc(Br)cc1F. The summed E-state index contributed by atoms with van der Waals surface area (Å²) in [6.07, 6.45) is 1.49. The number of nitriles is 1. The van der Waals surface area contributed by atoms with E-state index >= 15 is 0 Å². The molecule has 1 N–H and O–H groups in total. The van der Waals surface area contributed by atoms with E-state index in [0.717, 1.165) is 0 Å². The molecule has 0 aliphatic rings. The van der Waals surface area contributed by atoms with E-state index in [9.17, 15) is 8.78 Å².